The largest absolute Gasteiger partial charge is 0.397 e. The van der Waals surface area contributed by atoms with Gasteiger partial charge in [-0.3, -0.25) is 0 Å². The number of hydrogen-bond acceptors (Lipinski definition) is 4. The molecule has 0 aliphatic carbocycles. The fourth-order valence-corrected chi connectivity index (χ4v) is 4.84. The van der Waals surface area contributed by atoms with E-state index in [0.29, 0.717) is 30.9 Å². The number of ether oxygens (including phenoxy) is 1. The van der Waals surface area contributed by atoms with Crippen molar-refractivity contribution in [2.45, 2.75) is 31.6 Å². The lowest BCUT2D eigenvalue weighted by molar-refractivity contribution is 0.118. The van der Waals surface area contributed by atoms with E-state index in [-0.39, 0.29) is 10.8 Å². The van der Waals surface area contributed by atoms with E-state index >= 15 is 0 Å². The van der Waals surface area contributed by atoms with Gasteiger partial charge >= 0.3 is 0 Å². The number of anilines is 1. The van der Waals surface area contributed by atoms with Crippen molar-refractivity contribution < 1.29 is 13.2 Å². The summed E-state index contributed by atoms with van der Waals surface area (Å²) in [5, 5.41) is 0. The van der Waals surface area contributed by atoms with Gasteiger partial charge < -0.3 is 10.5 Å². The number of nitrogens with two attached hydrogens (primary N) is 1. The molecule has 2 N–H and O–H groups in total. The smallest absolute Gasteiger partial charge is 0.245 e. The molecule has 1 fully saturated rings. The summed E-state index contributed by atoms with van der Waals surface area (Å²) >= 11 is 0. The summed E-state index contributed by atoms with van der Waals surface area (Å²) in [7, 11) is -1.90. The van der Waals surface area contributed by atoms with Gasteiger partial charge in [-0.1, -0.05) is 12.1 Å². The summed E-state index contributed by atoms with van der Waals surface area (Å²) in [6, 6.07) is 3.67. The maximum absolute atomic E-state index is 12.9. The third kappa shape index (κ3) is 3.22. The lowest BCUT2D eigenvalue weighted by Gasteiger charge is -2.32. The van der Waals surface area contributed by atoms with E-state index in [9.17, 15) is 8.42 Å². The average molecular weight is 312 g/mol. The monoisotopic (exact) mass is 312 g/mol. The molecule has 1 aliphatic heterocycles. The predicted molar refractivity (Wildman–Crippen MR) is 83.7 cm³/mol. The molecule has 5 nitrogen and oxygen atoms in total. The first-order valence-corrected chi connectivity index (χ1v) is 8.66. The van der Waals surface area contributed by atoms with Crippen LogP contribution < -0.4 is 5.73 Å². The highest BCUT2D eigenvalue weighted by atomic mass is 32.2. The summed E-state index contributed by atoms with van der Waals surface area (Å²) in [4.78, 5) is 0.264. The van der Waals surface area contributed by atoms with Gasteiger partial charge in [-0.25, -0.2) is 8.42 Å². The minimum Gasteiger partial charge on any atom is -0.397 e. The maximum atomic E-state index is 12.9. The Morgan fingerprint density at radius 3 is 2.67 bits per heavy atom. The quantitative estimate of drug-likeness (QED) is 0.862. The molecule has 21 heavy (non-hydrogen) atoms. The van der Waals surface area contributed by atoms with Gasteiger partial charge in [0.05, 0.1) is 12.3 Å². The normalized spacial score (nSPS) is 20.6. The second-order valence-electron chi connectivity index (χ2n) is 5.77. The number of hydrogen-bond donors (Lipinski definition) is 1. The highest BCUT2D eigenvalue weighted by Gasteiger charge is 2.32. The zero-order valence-corrected chi connectivity index (χ0v) is 13.7. The SMILES string of the molecule is COCC1CCCN(S(=O)(=O)c2c(C)ccc(C)c2N)C1. The van der Waals surface area contributed by atoms with Gasteiger partial charge in [0.1, 0.15) is 4.90 Å². The summed E-state index contributed by atoms with van der Waals surface area (Å²) in [6.45, 7) is 5.27. The lowest BCUT2D eigenvalue weighted by atomic mass is 10.0. The molecule has 1 heterocycles. The minimum absolute atomic E-state index is 0.255. The van der Waals surface area contributed by atoms with Crippen molar-refractivity contribution in [1.29, 1.82) is 0 Å². The van der Waals surface area contributed by atoms with Crippen LogP contribution in [0.5, 0.6) is 0 Å². The lowest BCUT2D eigenvalue weighted by Crippen LogP contribution is -2.41. The van der Waals surface area contributed by atoms with Crippen LogP contribution >= 0.6 is 0 Å². The van der Waals surface area contributed by atoms with Crippen LogP contribution in [0.2, 0.25) is 0 Å². The number of benzene rings is 1. The third-order valence-electron chi connectivity index (χ3n) is 4.09. The second kappa shape index (κ2) is 6.34. The van der Waals surface area contributed by atoms with E-state index in [2.05, 4.69) is 0 Å². The molecule has 0 amide bonds. The highest BCUT2D eigenvalue weighted by Crippen LogP contribution is 2.31. The summed E-state index contributed by atoms with van der Waals surface area (Å²) in [5.74, 6) is 0.255. The van der Waals surface area contributed by atoms with Crippen molar-refractivity contribution in [2.75, 3.05) is 32.5 Å². The number of nitrogen functional groups attached to an aromatic ring is 1. The number of methoxy groups -OCH3 is 1. The summed E-state index contributed by atoms with van der Waals surface area (Å²) in [5.41, 5.74) is 7.90. The van der Waals surface area contributed by atoms with Crippen molar-refractivity contribution in [2.24, 2.45) is 5.92 Å². The van der Waals surface area contributed by atoms with Gasteiger partial charge in [0.2, 0.25) is 10.0 Å². The molecule has 1 aromatic rings. The van der Waals surface area contributed by atoms with E-state index in [1.165, 1.54) is 0 Å². The van der Waals surface area contributed by atoms with Gasteiger partial charge in [-0.15, -0.1) is 0 Å². The molecular weight excluding hydrogens is 288 g/mol. The molecule has 1 unspecified atom stereocenters. The van der Waals surface area contributed by atoms with Crippen molar-refractivity contribution in [3.63, 3.8) is 0 Å². The Bertz CT molecular complexity index is 612. The zero-order valence-electron chi connectivity index (χ0n) is 12.9. The van der Waals surface area contributed by atoms with Crippen LogP contribution in [0.25, 0.3) is 0 Å². The van der Waals surface area contributed by atoms with Crippen molar-refractivity contribution in [3.05, 3.63) is 23.3 Å². The number of rotatable bonds is 4. The Kier molecular flexibility index (Phi) is 4.91. The van der Waals surface area contributed by atoms with Crippen LogP contribution in [-0.4, -0.2) is 39.5 Å². The molecule has 1 atom stereocenters. The highest BCUT2D eigenvalue weighted by molar-refractivity contribution is 7.89. The second-order valence-corrected chi connectivity index (χ2v) is 7.64. The maximum Gasteiger partial charge on any atom is 0.245 e. The first-order chi connectivity index (χ1) is 9.87. The van der Waals surface area contributed by atoms with Crippen molar-refractivity contribution in [1.82, 2.24) is 4.31 Å². The topological polar surface area (TPSA) is 72.6 Å². The first-order valence-electron chi connectivity index (χ1n) is 7.22. The van der Waals surface area contributed by atoms with Crippen LogP contribution in [0.1, 0.15) is 24.0 Å². The Balaban J connectivity index is 2.36. The Morgan fingerprint density at radius 1 is 1.33 bits per heavy atom. The van der Waals surface area contributed by atoms with Gasteiger partial charge in [-0.2, -0.15) is 4.31 Å². The molecule has 1 aromatic carbocycles. The van der Waals surface area contributed by atoms with E-state index in [4.69, 9.17) is 10.5 Å². The molecule has 6 heteroatoms. The molecule has 0 bridgehead atoms. The van der Waals surface area contributed by atoms with Gasteiger partial charge in [0, 0.05) is 20.2 Å². The van der Waals surface area contributed by atoms with Crippen LogP contribution in [0.4, 0.5) is 5.69 Å². The summed E-state index contributed by atoms with van der Waals surface area (Å²) in [6.07, 6.45) is 1.86. The zero-order chi connectivity index (χ0) is 15.6. The molecular formula is C15H24N2O3S. The first kappa shape index (κ1) is 16.3. The van der Waals surface area contributed by atoms with Crippen molar-refractivity contribution in [3.8, 4) is 0 Å². The van der Waals surface area contributed by atoms with Crippen LogP contribution in [-0.2, 0) is 14.8 Å². The Labute approximate surface area is 127 Å². The Morgan fingerprint density at radius 2 is 2.00 bits per heavy atom. The van der Waals surface area contributed by atoms with Crippen molar-refractivity contribution >= 4 is 15.7 Å². The van der Waals surface area contributed by atoms with E-state index in [1.807, 2.05) is 19.1 Å². The third-order valence-corrected chi connectivity index (χ3v) is 6.16. The number of sulfonamides is 1. The minimum atomic E-state index is -3.54. The Hall–Kier alpha value is -1.11. The molecule has 0 radical (unpaired) electrons. The number of aryl methyl sites for hydroxylation is 2. The predicted octanol–water partition coefficient (Wildman–Crippen LogP) is 1.93. The van der Waals surface area contributed by atoms with Crippen LogP contribution in [0.3, 0.4) is 0 Å². The van der Waals surface area contributed by atoms with E-state index < -0.39 is 10.0 Å². The van der Waals surface area contributed by atoms with Gasteiger partial charge in [0.25, 0.3) is 0 Å². The van der Waals surface area contributed by atoms with E-state index in [0.717, 1.165) is 18.4 Å². The molecule has 1 aliphatic rings. The molecule has 0 saturated carbocycles. The van der Waals surface area contributed by atoms with Gasteiger partial charge in [-0.05, 0) is 43.7 Å². The average Bonchev–Trinajstić information content (AvgIpc) is 2.44. The summed E-state index contributed by atoms with van der Waals surface area (Å²) < 4.78 is 32.6. The van der Waals surface area contributed by atoms with E-state index in [1.54, 1.807) is 18.3 Å². The van der Waals surface area contributed by atoms with Crippen LogP contribution in [0.15, 0.2) is 17.0 Å². The fourth-order valence-electron chi connectivity index (χ4n) is 2.90. The van der Waals surface area contributed by atoms with Gasteiger partial charge in [0.15, 0.2) is 0 Å². The molecule has 0 aromatic heterocycles. The van der Waals surface area contributed by atoms with Crippen LogP contribution in [0, 0.1) is 19.8 Å². The molecule has 2 rings (SSSR count). The standard InChI is InChI=1S/C15H24N2O3S/c1-11-6-7-12(2)15(14(11)16)21(18,19)17-8-4-5-13(9-17)10-20-3/h6-7,13H,4-5,8-10,16H2,1-3H3. The molecule has 0 spiro atoms. The molecule has 1 saturated heterocycles. The fraction of sp³-hybridized carbons (Fsp3) is 0.600. The number of nitrogens with zero attached hydrogens (tertiary/aromatic N) is 1. The number of piperidine rings is 1. The molecule has 118 valence electrons.